The Labute approximate surface area is 62.6 Å². The minimum Gasteiger partial charge on any atom is -0.276 e. The van der Waals surface area contributed by atoms with Crippen LogP contribution in [-0.4, -0.2) is 10.2 Å². The molecule has 1 saturated carbocycles. The molecular weight excluding hydrogens is 150 g/mol. The standard InChI is InChI=1S/C7H8F2N2/c8-7(9)6-5(3-10-11-6)4-1-2-4/h3-4,7H,1-2H2,(H,10,11). The van der Waals surface area contributed by atoms with Crippen LogP contribution in [0.1, 0.15) is 36.4 Å². The van der Waals surface area contributed by atoms with Gasteiger partial charge in [0.15, 0.2) is 0 Å². The maximum absolute atomic E-state index is 12.2. The van der Waals surface area contributed by atoms with Crippen molar-refractivity contribution >= 4 is 0 Å². The van der Waals surface area contributed by atoms with Crippen molar-refractivity contribution in [1.82, 2.24) is 10.2 Å². The summed E-state index contributed by atoms with van der Waals surface area (Å²) in [5, 5.41) is 5.93. The molecular formula is C7H8F2N2. The second-order valence-electron chi connectivity index (χ2n) is 2.81. The van der Waals surface area contributed by atoms with Gasteiger partial charge in [-0.1, -0.05) is 0 Å². The van der Waals surface area contributed by atoms with E-state index in [0.717, 1.165) is 12.8 Å². The molecule has 4 heteroatoms. The number of aromatic nitrogens is 2. The Kier molecular flexibility index (Phi) is 1.41. The second kappa shape index (κ2) is 2.29. The Morgan fingerprint density at radius 2 is 2.27 bits per heavy atom. The molecule has 1 heterocycles. The topological polar surface area (TPSA) is 28.7 Å². The number of hydrogen-bond acceptors (Lipinski definition) is 1. The van der Waals surface area contributed by atoms with Gasteiger partial charge in [-0.15, -0.1) is 0 Å². The van der Waals surface area contributed by atoms with Crippen LogP contribution in [0.4, 0.5) is 8.78 Å². The van der Waals surface area contributed by atoms with Crippen molar-refractivity contribution in [2.24, 2.45) is 0 Å². The molecule has 0 atom stereocenters. The molecule has 60 valence electrons. The van der Waals surface area contributed by atoms with Crippen molar-refractivity contribution in [2.75, 3.05) is 0 Å². The molecule has 0 radical (unpaired) electrons. The Morgan fingerprint density at radius 1 is 1.55 bits per heavy atom. The van der Waals surface area contributed by atoms with Gasteiger partial charge >= 0.3 is 0 Å². The van der Waals surface area contributed by atoms with E-state index in [9.17, 15) is 8.78 Å². The van der Waals surface area contributed by atoms with Crippen molar-refractivity contribution in [2.45, 2.75) is 25.2 Å². The molecule has 2 rings (SSSR count). The lowest BCUT2D eigenvalue weighted by Gasteiger charge is -1.97. The lowest BCUT2D eigenvalue weighted by molar-refractivity contribution is 0.145. The van der Waals surface area contributed by atoms with Crippen molar-refractivity contribution in [3.63, 3.8) is 0 Å². The van der Waals surface area contributed by atoms with Gasteiger partial charge in [-0.2, -0.15) is 5.10 Å². The van der Waals surface area contributed by atoms with E-state index in [1.54, 1.807) is 0 Å². The maximum atomic E-state index is 12.2. The first kappa shape index (κ1) is 6.76. The minimum atomic E-state index is -2.41. The summed E-state index contributed by atoms with van der Waals surface area (Å²) in [5.74, 6) is 0.345. The molecule has 1 aromatic rings. The number of H-pyrrole nitrogens is 1. The Balaban J connectivity index is 2.30. The molecule has 1 fully saturated rings. The highest BCUT2D eigenvalue weighted by Crippen LogP contribution is 2.42. The Hall–Kier alpha value is -0.930. The van der Waals surface area contributed by atoms with Crippen LogP contribution in [0, 0.1) is 0 Å². The van der Waals surface area contributed by atoms with Gasteiger partial charge in [0.25, 0.3) is 6.43 Å². The van der Waals surface area contributed by atoms with E-state index < -0.39 is 6.43 Å². The van der Waals surface area contributed by atoms with Crippen LogP contribution in [0.2, 0.25) is 0 Å². The second-order valence-corrected chi connectivity index (χ2v) is 2.81. The maximum Gasteiger partial charge on any atom is 0.280 e. The first-order valence-electron chi connectivity index (χ1n) is 3.60. The van der Waals surface area contributed by atoms with Gasteiger partial charge in [0, 0.05) is 5.56 Å². The predicted octanol–water partition coefficient (Wildman–Crippen LogP) is 2.22. The van der Waals surface area contributed by atoms with Crippen molar-refractivity contribution in [1.29, 1.82) is 0 Å². The quantitative estimate of drug-likeness (QED) is 0.702. The van der Waals surface area contributed by atoms with Crippen molar-refractivity contribution in [3.8, 4) is 0 Å². The number of halogens is 2. The van der Waals surface area contributed by atoms with Crippen LogP contribution in [0.3, 0.4) is 0 Å². The van der Waals surface area contributed by atoms with Gasteiger partial charge in [0.2, 0.25) is 0 Å². The molecule has 11 heavy (non-hydrogen) atoms. The zero-order chi connectivity index (χ0) is 7.84. The fourth-order valence-electron chi connectivity index (χ4n) is 1.20. The van der Waals surface area contributed by atoms with Crippen molar-refractivity contribution < 1.29 is 8.78 Å². The SMILES string of the molecule is FC(F)c1[nH]ncc1C1CC1. The largest absolute Gasteiger partial charge is 0.280 e. The molecule has 0 unspecified atom stereocenters. The summed E-state index contributed by atoms with van der Waals surface area (Å²) >= 11 is 0. The van der Waals surface area contributed by atoms with Crippen LogP contribution in [0.5, 0.6) is 0 Å². The summed E-state index contributed by atoms with van der Waals surface area (Å²) in [6.07, 6.45) is 1.16. The first-order chi connectivity index (χ1) is 5.29. The van der Waals surface area contributed by atoms with E-state index in [0.29, 0.717) is 11.5 Å². The normalized spacial score (nSPS) is 17.7. The third kappa shape index (κ3) is 1.13. The summed E-state index contributed by atoms with van der Waals surface area (Å²) in [4.78, 5) is 0. The third-order valence-corrected chi connectivity index (χ3v) is 1.94. The van der Waals surface area contributed by atoms with Crippen molar-refractivity contribution in [3.05, 3.63) is 17.5 Å². The fourth-order valence-corrected chi connectivity index (χ4v) is 1.20. The van der Waals surface area contributed by atoms with E-state index in [-0.39, 0.29) is 5.69 Å². The fraction of sp³-hybridized carbons (Fsp3) is 0.571. The lowest BCUT2D eigenvalue weighted by Crippen LogP contribution is -1.89. The average Bonchev–Trinajstić information content (AvgIpc) is 2.68. The third-order valence-electron chi connectivity index (χ3n) is 1.94. The molecule has 0 aromatic carbocycles. The van der Waals surface area contributed by atoms with Crippen LogP contribution in [-0.2, 0) is 0 Å². The zero-order valence-corrected chi connectivity index (χ0v) is 5.85. The molecule has 1 aromatic heterocycles. The van der Waals surface area contributed by atoms with Gasteiger partial charge in [-0.3, -0.25) is 5.10 Å². The van der Waals surface area contributed by atoms with Gasteiger partial charge in [0.1, 0.15) is 5.69 Å². The highest BCUT2D eigenvalue weighted by molar-refractivity contribution is 5.26. The zero-order valence-electron chi connectivity index (χ0n) is 5.85. The summed E-state index contributed by atoms with van der Waals surface area (Å²) in [6, 6.07) is 0. The predicted molar refractivity (Wildman–Crippen MR) is 35.5 cm³/mol. The molecule has 0 spiro atoms. The molecule has 1 aliphatic rings. The summed E-state index contributed by atoms with van der Waals surface area (Å²) in [5.41, 5.74) is 0.715. The van der Waals surface area contributed by atoms with E-state index >= 15 is 0 Å². The van der Waals surface area contributed by atoms with Gasteiger partial charge < -0.3 is 0 Å². The van der Waals surface area contributed by atoms with Gasteiger partial charge in [-0.25, -0.2) is 8.78 Å². The number of nitrogens with zero attached hydrogens (tertiary/aromatic N) is 1. The van der Waals surface area contributed by atoms with Gasteiger partial charge in [-0.05, 0) is 18.8 Å². The molecule has 1 N–H and O–H groups in total. The van der Waals surface area contributed by atoms with Gasteiger partial charge in [0.05, 0.1) is 6.20 Å². The average molecular weight is 158 g/mol. The van der Waals surface area contributed by atoms with Crippen LogP contribution < -0.4 is 0 Å². The minimum absolute atomic E-state index is 0.00694. The molecule has 0 aliphatic heterocycles. The molecule has 0 saturated heterocycles. The summed E-state index contributed by atoms with van der Waals surface area (Å²) in [6.45, 7) is 0. The molecule has 2 nitrogen and oxygen atoms in total. The first-order valence-corrected chi connectivity index (χ1v) is 3.60. The van der Waals surface area contributed by atoms with Crippen LogP contribution in [0.15, 0.2) is 6.20 Å². The van der Waals surface area contributed by atoms with E-state index in [2.05, 4.69) is 10.2 Å². The number of alkyl halides is 2. The summed E-state index contributed by atoms with van der Waals surface area (Å²) < 4.78 is 24.4. The van der Waals surface area contributed by atoms with E-state index in [4.69, 9.17) is 0 Å². The number of rotatable bonds is 2. The number of nitrogens with one attached hydrogen (secondary N) is 1. The lowest BCUT2D eigenvalue weighted by atomic mass is 10.2. The highest BCUT2D eigenvalue weighted by atomic mass is 19.3. The highest BCUT2D eigenvalue weighted by Gasteiger charge is 2.29. The van der Waals surface area contributed by atoms with E-state index in [1.165, 1.54) is 6.20 Å². The molecule has 0 bridgehead atoms. The Bertz CT molecular complexity index is 236. The number of hydrogen-bond donors (Lipinski definition) is 1. The summed E-state index contributed by atoms with van der Waals surface area (Å²) in [7, 11) is 0. The smallest absolute Gasteiger partial charge is 0.276 e. The van der Waals surface area contributed by atoms with Crippen LogP contribution in [0.25, 0.3) is 0 Å². The monoisotopic (exact) mass is 158 g/mol. The Morgan fingerprint density at radius 3 is 2.82 bits per heavy atom. The number of aromatic amines is 1. The molecule has 0 amide bonds. The molecule has 1 aliphatic carbocycles. The van der Waals surface area contributed by atoms with E-state index in [1.807, 2.05) is 0 Å². The van der Waals surface area contributed by atoms with Crippen LogP contribution >= 0.6 is 0 Å².